The number of aromatic nitrogens is 4. The van der Waals surface area contributed by atoms with Gasteiger partial charge in [0.25, 0.3) is 0 Å². The Kier molecular flexibility index (Phi) is 12.1. The number of fused-ring (bicyclic) bond motifs is 8. The molecule has 1 aliphatic heterocycles. The minimum atomic E-state index is 0. The van der Waals surface area contributed by atoms with E-state index < -0.39 is 0 Å². The van der Waals surface area contributed by atoms with Crippen LogP contribution in [0.15, 0.2) is 267 Å². The van der Waals surface area contributed by atoms with Crippen molar-refractivity contribution in [3.63, 3.8) is 0 Å². The molecule has 0 fully saturated rings. The molecule has 5 heterocycles. The Labute approximate surface area is 437 Å². The fraction of sp³-hybridized carbons (Fsp3) is 0. The average Bonchev–Trinajstić information content (AvgIpc) is 4.29. The molecule has 0 unspecified atom stereocenters. The van der Waals surface area contributed by atoms with Crippen LogP contribution in [0.1, 0.15) is 67.8 Å². The Hall–Kier alpha value is -9.12. The van der Waals surface area contributed by atoms with Gasteiger partial charge in [0, 0.05) is 136 Å². The van der Waals surface area contributed by atoms with Gasteiger partial charge in [-0.15, -0.1) is 0 Å². The summed E-state index contributed by atoms with van der Waals surface area (Å²) in [6, 6.07) is 93.9. The smallest absolute Gasteiger partial charge is 0.0768 e. The summed E-state index contributed by atoms with van der Waals surface area (Å²) < 4.78 is 0. The number of hydrogen-bond acceptors (Lipinski definition) is 0. The monoisotopic (exact) mass is 979 g/mol. The van der Waals surface area contributed by atoms with Crippen molar-refractivity contribution < 1.29 is 17.1 Å². The summed E-state index contributed by atoms with van der Waals surface area (Å²) in [5, 5.41) is 0. The second kappa shape index (κ2) is 19.6. The molecule has 5 heteroatoms. The Bertz CT molecular complexity index is 3240. The predicted molar refractivity (Wildman–Crippen MR) is 289 cm³/mol. The molecule has 0 atom stereocenters. The minimum Gasteiger partial charge on any atom is -0.628 e. The molecule has 0 N–H and O–H groups in total. The minimum absolute atomic E-state index is 0. The third kappa shape index (κ3) is 8.17. The SMILES string of the molecule is [Cu].c1ccc(-c2c3[n-]c(c2-c2ccccc2)[C+](c2ccccc2)c2ccc([n-]2)[C+](c2ccccc2)c2[n-]c(c(-c4ccccc4)c2-c2ccccc2)[C+](c2ccccc2)c2ccc([n-]2)[C+]3c2ccccc2)cc1. The van der Waals surface area contributed by atoms with Crippen molar-refractivity contribution >= 4 is 0 Å². The summed E-state index contributed by atoms with van der Waals surface area (Å²) in [7, 11) is 0. The van der Waals surface area contributed by atoms with Gasteiger partial charge in [0.2, 0.25) is 0 Å². The van der Waals surface area contributed by atoms with E-state index in [0.29, 0.717) is 0 Å². The zero-order chi connectivity index (χ0) is 47.8. The second-order valence-corrected chi connectivity index (χ2v) is 18.0. The van der Waals surface area contributed by atoms with Crippen molar-refractivity contribution in [2.45, 2.75) is 0 Å². The van der Waals surface area contributed by atoms with Gasteiger partial charge in [-0.1, -0.05) is 72.8 Å². The zero-order valence-electron chi connectivity index (χ0n) is 39.5. The van der Waals surface area contributed by atoms with Gasteiger partial charge in [0.15, 0.2) is 0 Å². The van der Waals surface area contributed by atoms with E-state index in [0.717, 1.165) is 136 Å². The van der Waals surface area contributed by atoms with Crippen LogP contribution >= 0.6 is 0 Å². The van der Waals surface area contributed by atoms with Gasteiger partial charge in [0.1, 0.15) is 0 Å². The number of benzene rings is 8. The first-order valence-electron chi connectivity index (χ1n) is 24.4. The van der Waals surface area contributed by atoms with Crippen molar-refractivity contribution in [3.8, 4) is 44.5 Å². The van der Waals surface area contributed by atoms with Crippen LogP contribution in [0.3, 0.4) is 0 Å². The summed E-state index contributed by atoms with van der Waals surface area (Å²) in [6.45, 7) is 0. The molecule has 4 nitrogen and oxygen atoms in total. The molecule has 8 aromatic carbocycles. The van der Waals surface area contributed by atoms with Crippen LogP contribution in [0, 0.1) is 23.7 Å². The van der Waals surface area contributed by atoms with Crippen molar-refractivity contribution in [1.29, 1.82) is 0 Å². The quantitative estimate of drug-likeness (QED) is 0.112. The molecule has 73 heavy (non-hydrogen) atoms. The standard InChI is InChI=1S/C68H44N4.Cu/c1-9-25-45(26-10-1)57-53-41-42-54(69-53)58(46-27-11-2-12-28-46)67-63(51-37-21-7-22-38-51)64(52-39-23-8-24-40-52)68(72-67)60(48-31-15-4-16-32-48)56-44-43-55(70-56)59(47-29-13-3-14-30-47)66-62(50-35-19-6-20-36-50)61(65(57)71-66)49-33-17-5-18-34-49;/h1-44H;. The predicted octanol–water partition coefficient (Wildman–Crippen LogP) is 14.6. The van der Waals surface area contributed by atoms with E-state index in [1.54, 1.807) is 0 Å². The summed E-state index contributed by atoms with van der Waals surface area (Å²) in [5.41, 5.74) is 18.9. The van der Waals surface area contributed by atoms with Gasteiger partial charge in [-0.3, -0.25) is 0 Å². The first-order chi connectivity index (χ1) is 35.8. The normalized spacial score (nSPS) is 12.2. The fourth-order valence-corrected chi connectivity index (χ4v) is 10.5. The Balaban J connectivity index is 0.00000543. The van der Waals surface area contributed by atoms with Crippen molar-refractivity contribution in [1.82, 2.24) is 19.9 Å². The van der Waals surface area contributed by atoms with Crippen LogP contribution in [0.4, 0.5) is 0 Å². The molecule has 0 saturated carbocycles. The number of nitrogens with zero attached hydrogens (tertiary/aromatic N) is 4. The molecule has 1 radical (unpaired) electrons. The largest absolute Gasteiger partial charge is 0.628 e. The second-order valence-electron chi connectivity index (χ2n) is 18.0. The van der Waals surface area contributed by atoms with Gasteiger partial charge in [0.05, 0.1) is 44.5 Å². The van der Waals surface area contributed by atoms with E-state index >= 15 is 0 Å². The Morgan fingerprint density at radius 2 is 0.370 bits per heavy atom. The van der Waals surface area contributed by atoms with Gasteiger partial charge in [-0.05, 0) is 167 Å². The van der Waals surface area contributed by atoms with E-state index in [4.69, 9.17) is 19.9 Å². The van der Waals surface area contributed by atoms with E-state index in [2.05, 4.69) is 267 Å². The molecule has 1 aliphatic rings. The molecule has 4 aromatic heterocycles. The van der Waals surface area contributed by atoms with Gasteiger partial charge >= 0.3 is 0 Å². The van der Waals surface area contributed by atoms with Crippen molar-refractivity contribution in [2.75, 3.05) is 0 Å². The molecule has 0 spiro atoms. The maximum atomic E-state index is 5.97. The first-order valence-corrected chi connectivity index (χ1v) is 24.4. The van der Waals surface area contributed by atoms with Crippen LogP contribution in [0.2, 0.25) is 0 Å². The molecular weight excluding hydrogens is 936 g/mol. The summed E-state index contributed by atoms with van der Waals surface area (Å²) in [4.78, 5) is 23.5. The summed E-state index contributed by atoms with van der Waals surface area (Å²) in [5.74, 6) is 3.71. The molecule has 12 aromatic rings. The molecule has 0 amide bonds. The van der Waals surface area contributed by atoms with Gasteiger partial charge in [-0.2, -0.15) is 0 Å². The van der Waals surface area contributed by atoms with Gasteiger partial charge in [-0.25, -0.2) is 0 Å². The molecule has 0 aliphatic carbocycles. The fourth-order valence-electron chi connectivity index (χ4n) is 10.5. The van der Waals surface area contributed by atoms with Crippen LogP contribution in [-0.4, -0.2) is 0 Å². The van der Waals surface area contributed by atoms with Crippen LogP contribution < -0.4 is 19.9 Å². The maximum Gasteiger partial charge on any atom is 0.0768 e. The molecule has 13 rings (SSSR count). The Morgan fingerprint density at radius 3 is 0.562 bits per heavy atom. The maximum absolute atomic E-state index is 5.97. The molecular formula is C68H44CuN4. The van der Waals surface area contributed by atoms with E-state index in [1.165, 1.54) is 0 Å². The Morgan fingerprint density at radius 1 is 0.192 bits per heavy atom. The summed E-state index contributed by atoms with van der Waals surface area (Å²) >= 11 is 0. The third-order valence-corrected chi connectivity index (χ3v) is 13.6. The average molecular weight is 981 g/mol. The van der Waals surface area contributed by atoms with E-state index in [1.807, 2.05) is 0 Å². The molecule has 0 saturated heterocycles. The topological polar surface area (TPSA) is 56.4 Å². The van der Waals surface area contributed by atoms with E-state index in [9.17, 15) is 0 Å². The number of hydrogen-bond donors (Lipinski definition) is 0. The molecule has 8 bridgehead atoms. The van der Waals surface area contributed by atoms with Crippen LogP contribution in [-0.2, 0) is 17.1 Å². The van der Waals surface area contributed by atoms with Crippen molar-refractivity contribution in [2.24, 2.45) is 0 Å². The van der Waals surface area contributed by atoms with Gasteiger partial charge < -0.3 is 19.9 Å². The number of rotatable bonds is 8. The first kappa shape index (κ1) is 45.0. The van der Waals surface area contributed by atoms with E-state index in [-0.39, 0.29) is 17.1 Å². The van der Waals surface area contributed by atoms with Crippen LogP contribution in [0.5, 0.6) is 0 Å². The van der Waals surface area contributed by atoms with Crippen molar-refractivity contribution in [3.05, 3.63) is 358 Å². The zero-order valence-corrected chi connectivity index (χ0v) is 40.4. The third-order valence-electron chi connectivity index (χ3n) is 13.6. The summed E-state index contributed by atoms with van der Waals surface area (Å²) in [6.07, 6.45) is 0. The molecule has 347 valence electrons. The van der Waals surface area contributed by atoms with Crippen LogP contribution in [0.25, 0.3) is 44.5 Å².